The van der Waals surface area contributed by atoms with E-state index in [0.717, 1.165) is 0 Å². The molecule has 2 aliphatic rings. The van der Waals surface area contributed by atoms with Crippen LogP contribution in [0.4, 0.5) is 4.39 Å². The van der Waals surface area contributed by atoms with Crippen LogP contribution < -0.4 is 0 Å². The molecule has 0 spiro atoms. The Balaban J connectivity index is 2.23. The van der Waals surface area contributed by atoms with Gasteiger partial charge in [-0.05, 0) is 0 Å². The largest absolute Gasteiger partial charge is 0.467 e. The fourth-order valence-corrected chi connectivity index (χ4v) is 1.66. The van der Waals surface area contributed by atoms with Gasteiger partial charge in [-0.15, -0.1) is 0 Å². The van der Waals surface area contributed by atoms with E-state index in [1.165, 1.54) is 7.11 Å². The van der Waals surface area contributed by atoms with Crippen LogP contribution in [0.15, 0.2) is 12.2 Å². The summed E-state index contributed by atoms with van der Waals surface area (Å²) < 4.78 is 23.2. The third kappa shape index (κ3) is 0.813. The molecule has 1 fully saturated rings. The highest BCUT2D eigenvalue weighted by Crippen LogP contribution is 2.40. The van der Waals surface area contributed by atoms with Gasteiger partial charge in [-0.1, -0.05) is 12.2 Å². The molecule has 2 bridgehead atoms. The highest BCUT2D eigenvalue weighted by molar-refractivity contribution is 5.81. The van der Waals surface area contributed by atoms with Crippen LogP contribution in [0.5, 0.6) is 0 Å². The zero-order valence-corrected chi connectivity index (χ0v) is 6.62. The van der Waals surface area contributed by atoms with Gasteiger partial charge in [-0.25, -0.2) is 9.18 Å². The van der Waals surface area contributed by atoms with E-state index in [4.69, 9.17) is 4.74 Å². The molecule has 1 saturated heterocycles. The van der Waals surface area contributed by atoms with Crippen LogP contribution in [0.3, 0.4) is 0 Å². The summed E-state index contributed by atoms with van der Waals surface area (Å²) in [6, 6.07) is 0. The van der Waals surface area contributed by atoms with Crippen LogP contribution in [0.1, 0.15) is 6.42 Å². The van der Waals surface area contributed by atoms with Crippen molar-refractivity contribution in [2.75, 3.05) is 7.11 Å². The second-order valence-electron chi connectivity index (χ2n) is 3.04. The zero-order chi connectivity index (χ0) is 8.77. The molecule has 0 saturated carbocycles. The van der Waals surface area contributed by atoms with Crippen LogP contribution in [0.25, 0.3) is 0 Å². The minimum absolute atomic E-state index is 0.0842. The fraction of sp³-hybridized carbons (Fsp3) is 0.625. The van der Waals surface area contributed by atoms with Crippen LogP contribution >= 0.6 is 0 Å². The van der Waals surface area contributed by atoms with E-state index in [1.807, 2.05) is 0 Å². The molecule has 12 heavy (non-hydrogen) atoms. The van der Waals surface area contributed by atoms with E-state index < -0.39 is 17.7 Å². The van der Waals surface area contributed by atoms with Gasteiger partial charge in [-0.2, -0.15) is 0 Å². The average molecular weight is 172 g/mol. The molecule has 0 aromatic rings. The Morgan fingerprint density at radius 3 is 2.92 bits per heavy atom. The first-order valence-electron chi connectivity index (χ1n) is 3.78. The maximum absolute atomic E-state index is 13.8. The standard InChI is InChI=1S/C8H9FO3/c1-11-7(10)8(9)4-5-2-3-6(8)12-5/h2-3,5-6H,4H2,1H3. The van der Waals surface area contributed by atoms with Crippen molar-refractivity contribution in [3.05, 3.63) is 12.2 Å². The maximum atomic E-state index is 13.8. The third-order valence-corrected chi connectivity index (χ3v) is 2.30. The van der Waals surface area contributed by atoms with E-state index in [-0.39, 0.29) is 12.5 Å². The molecule has 0 N–H and O–H groups in total. The monoisotopic (exact) mass is 172 g/mol. The van der Waals surface area contributed by atoms with Gasteiger partial charge in [0.05, 0.1) is 13.2 Å². The Labute approximate surface area is 69.1 Å². The lowest BCUT2D eigenvalue weighted by molar-refractivity contribution is -0.156. The Bertz CT molecular complexity index is 251. The number of methoxy groups -OCH3 is 1. The Hall–Kier alpha value is -0.900. The van der Waals surface area contributed by atoms with Gasteiger partial charge < -0.3 is 9.47 Å². The third-order valence-electron chi connectivity index (χ3n) is 2.30. The summed E-state index contributed by atoms with van der Waals surface area (Å²) in [5, 5.41) is 0. The number of ether oxygens (including phenoxy) is 2. The predicted molar refractivity (Wildman–Crippen MR) is 38.3 cm³/mol. The lowest BCUT2D eigenvalue weighted by Crippen LogP contribution is -2.42. The minimum Gasteiger partial charge on any atom is -0.467 e. The molecule has 2 rings (SSSR count). The van der Waals surface area contributed by atoms with Crippen molar-refractivity contribution in [1.82, 2.24) is 0 Å². The van der Waals surface area contributed by atoms with Gasteiger partial charge in [0.1, 0.15) is 6.10 Å². The van der Waals surface area contributed by atoms with Gasteiger partial charge in [0.25, 0.3) is 0 Å². The molecule has 2 heterocycles. The first-order chi connectivity index (χ1) is 5.66. The van der Waals surface area contributed by atoms with Crippen molar-refractivity contribution >= 4 is 5.97 Å². The first-order valence-corrected chi connectivity index (χ1v) is 3.78. The summed E-state index contributed by atoms with van der Waals surface area (Å²) in [5.41, 5.74) is -1.95. The molecule has 2 aliphatic heterocycles. The number of carbonyl (C=O) groups is 1. The highest BCUT2D eigenvalue weighted by Gasteiger charge is 2.56. The van der Waals surface area contributed by atoms with Crippen LogP contribution in [0.2, 0.25) is 0 Å². The van der Waals surface area contributed by atoms with Gasteiger partial charge in [-0.3, -0.25) is 0 Å². The van der Waals surface area contributed by atoms with E-state index in [9.17, 15) is 9.18 Å². The van der Waals surface area contributed by atoms with Gasteiger partial charge in [0.2, 0.25) is 5.67 Å². The van der Waals surface area contributed by atoms with Crippen molar-refractivity contribution in [3.8, 4) is 0 Å². The zero-order valence-electron chi connectivity index (χ0n) is 6.62. The second kappa shape index (κ2) is 2.29. The quantitative estimate of drug-likeness (QED) is 0.429. The van der Waals surface area contributed by atoms with E-state index in [0.29, 0.717) is 0 Å². The molecule has 3 nitrogen and oxygen atoms in total. The predicted octanol–water partition coefficient (Wildman–Crippen LogP) is 0.595. The lowest BCUT2D eigenvalue weighted by atomic mass is 9.91. The number of esters is 1. The molecular formula is C8H9FO3. The summed E-state index contributed by atoms with van der Waals surface area (Å²) >= 11 is 0. The molecule has 3 unspecified atom stereocenters. The van der Waals surface area contributed by atoms with E-state index in [1.54, 1.807) is 12.2 Å². The summed E-state index contributed by atoms with van der Waals surface area (Å²) in [6.07, 6.45) is 2.44. The topological polar surface area (TPSA) is 35.5 Å². The number of carbonyl (C=O) groups excluding carboxylic acids is 1. The summed E-state index contributed by atoms with van der Waals surface area (Å²) in [4.78, 5) is 11.0. The molecule has 3 atom stereocenters. The van der Waals surface area contributed by atoms with Crippen molar-refractivity contribution in [1.29, 1.82) is 0 Å². The first kappa shape index (κ1) is 7.73. The Kier molecular flexibility index (Phi) is 1.48. The number of hydrogen-bond donors (Lipinski definition) is 0. The number of rotatable bonds is 1. The second-order valence-corrected chi connectivity index (χ2v) is 3.04. The summed E-state index contributed by atoms with van der Waals surface area (Å²) in [6.45, 7) is 0. The average Bonchev–Trinajstić information content (AvgIpc) is 2.62. The fourth-order valence-electron chi connectivity index (χ4n) is 1.66. The minimum atomic E-state index is -1.95. The summed E-state index contributed by atoms with van der Waals surface area (Å²) in [5.74, 6) is -0.834. The number of hydrogen-bond acceptors (Lipinski definition) is 3. The van der Waals surface area contributed by atoms with Crippen LogP contribution in [-0.4, -0.2) is 31.0 Å². The number of fused-ring (bicyclic) bond motifs is 2. The van der Waals surface area contributed by atoms with E-state index in [2.05, 4.69) is 4.74 Å². The van der Waals surface area contributed by atoms with Crippen molar-refractivity contribution in [2.45, 2.75) is 24.3 Å². The molecule has 0 amide bonds. The maximum Gasteiger partial charge on any atom is 0.346 e. The van der Waals surface area contributed by atoms with Gasteiger partial charge in [0, 0.05) is 6.42 Å². The van der Waals surface area contributed by atoms with Crippen molar-refractivity contribution in [2.24, 2.45) is 0 Å². The molecule has 0 aliphatic carbocycles. The highest BCUT2D eigenvalue weighted by atomic mass is 19.1. The lowest BCUT2D eigenvalue weighted by Gasteiger charge is -2.20. The normalized spacial score (nSPS) is 43.5. The number of alkyl halides is 1. The molecule has 0 radical (unpaired) electrons. The van der Waals surface area contributed by atoms with Crippen molar-refractivity contribution < 1.29 is 18.7 Å². The molecule has 0 aromatic carbocycles. The van der Waals surface area contributed by atoms with Gasteiger partial charge >= 0.3 is 5.97 Å². The Morgan fingerprint density at radius 1 is 1.75 bits per heavy atom. The smallest absolute Gasteiger partial charge is 0.346 e. The van der Waals surface area contributed by atoms with E-state index >= 15 is 0 Å². The SMILES string of the molecule is COC(=O)C1(F)CC2C=CC1O2. The van der Waals surface area contributed by atoms with Crippen molar-refractivity contribution in [3.63, 3.8) is 0 Å². The molecule has 66 valence electrons. The van der Waals surface area contributed by atoms with Crippen LogP contribution in [-0.2, 0) is 14.3 Å². The molecule has 4 heteroatoms. The van der Waals surface area contributed by atoms with Gasteiger partial charge in [0.15, 0.2) is 0 Å². The van der Waals surface area contributed by atoms with Crippen LogP contribution in [0, 0.1) is 0 Å². The Morgan fingerprint density at radius 2 is 2.50 bits per heavy atom. The summed E-state index contributed by atoms with van der Waals surface area (Å²) in [7, 11) is 1.18. The molecule has 0 aromatic heterocycles. The number of halogens is 1. The molecular weight excluding hydrogens is 163 g/mol.